The molecule has 1 saturated heterocycles. The zero-order chi connectivity index (χ0) is 89.9. The van der Waals surface area contributed by atoms with Crippen molar-refractivity contribution in [1.29, 1.82) is 0 Å². The fourth-order valence-corrected chi connectivity index (χ4v) is 13.7. The number of esters is 1. The zero-order valence-corrected chi connectivity index (χ0v) is 70.1. The number of amides is 13. The highest BCUT2D eigenvalue weighted by Gasteiger charge is 2.40. The zero-order valence-electron chi connectivity index (χ0n) is 69.3. The average Bonchev–Trinajstić information content (AvgIpc) is 1.62. The second-order valence-electron chi connectivity index (χ2n) is 30.2. The van der Waals surface area contributed by atoms with Gasteiger partial charge in [-0.2, -0.15) is 9.78 Å². The molecular formula is C81H115N21O19S. The maximum atomic E-state index is 15.3. The number of benzene rings is 3. The number of hydrogen-bond donors (Lipinski definition) is 20. The number of nitrogens with two attached hydrogens (primary N) is 5. The molecule has 122 heavy (non-hydrogen) atoms. The van der Waals surface area contributed by atoms with Crippen LogP contribution in [0.5, 0.6) is 0 Å². The molecule has 6 rings (SSSR count). The van der Waals surface area contributed by atoms with E-state index >= 15 is 4.79 Å². The van der Waals surface area contributed by atoms with Crippen molar-refractivity contribution in [3.63, 3.8) is 0 Å². The number of carboxylic acids is 1. The number of carbonyl (C=O) groups excluding carboxylic acids is 14. The van der Waals surface area contributed by atoms with Gasteiger partial charge in [0.2, 0.25) is 65.0 Å². The standard InChI is InChI=1S/C81H115N21O19S/c1-45(2)41-60-74(113)93-55(26-32-82)69(108)92-58(29-35-85)73(112)99-66(46(3)103)76(115)90-37-30-59(72(111)91-56(27-33-83)71(110)97-61(75(114)96-60)42-48-15-9-8-10-16-48)94-70(109)57(28-34-84)95-77(116)67(47(4)104)98-65(106)31-40-121-79(119)81(5,6)44-101(39-38-89-64(105)25-23-53(86)78(117)118)80(120)102-62-43-50(122-63-19-12-11-18-52(63)68(107)87-7)21-22-51(62)54(100-102)24-20-49-17-13-14-36-88-49/h8-22,24,36,43,45-47,53,55-61,66-67,103-104H,23,25-35,37-42,44,82-86H2,1-7H3,(H,87,107)(H,89,105)(H,90,115)(H,91,111)(H,92,108)(H,93,113)(H,94,109)(H,95,116)(H,96,114)(H,97,110)(H,98,106)(H,99,112)(H,117,118)/b24-20+/t46-,47-,53+,55+,56+,57+,58+,59+,60+,61-,66+,67+/m1/s1. The monoisotopic (exact) mass is 1720 g/mol. The van der Waals surface area contributed by atoms with E-state index in [4.69, 9.17) is 38.5 Å². The highest BCUT2D eigenvalue weighted by molar-refractivity contribution is 7.99. The molecule has 0 radical (unpaired) electrons. The number of fused-ring (bicyclic) bond motifs is 1. The number of hydrogen-bond acceptors (Lipinski definition) is 26. The van der Waals surface area contributed by atoms with Gasteiger partial charge in [-0.15, -0.1) is 0 Å². The Morgan fingerprint density at radius 1 is 0.680 bits per heavy atom. The van der Waals surface area contributed by atoms with Crippen molar-refractivity contribution in [2.75, 3.05) is 66.0 Å². The van der Waals surface area contributed by atoms with E-state index in [9.17, 15) is 82.4 Å². The van der Waals surface area contributed by atoms with Gasteiger partial charge in [-0.05, 0) is 165 Å². The minimum Gasteiger partial charge on any atom is -0.480 e. The van der Waals surface area contributed by atoms with Gasteiger partial charge in [-0.25, -0.2) is 4.79 Å². The molecule has 0 unspecified atom stereocenters. The van der Waals surface area contributed by atoms with Gasteiger partial charge < -0.3 is 117 Å². The van der Waals surface area contributed by atoms with Gasteiger partial charge >= 0.3 is 18.0 Å². The second kappa shape index (κ2) is 49.2. The lowest BCUT2D eigenvalue weighted by molar-refractivity contribution is -0.155. The molecule has 0 saturated carbocycles. The van der Waals surface area contributed by atoms with E-state index in [1.165, 1.54) is 44.5 Å². The molecule has 1 aliphatic rings. The number of nitrogens with one attached hydrogen (secondary N) is 12. The van der Waals surface area contributed by atoms with E-state index in [1.807, 2.05) is 0 Å². The minimum atomic E-state index is -1.84. The van der Waals surface area contributed by atoms with Crippen molar-refractivity contribution in [2.24, 2.45) is 40.0 Å². The fourth-order valence-electron chi connectivity index (χ4n) is 12.7. The van der Waals surface area contributed by atoms with Crippen LogP contribution in [0.1, 0.15) is 127 Å². The third-order valence-corrected chi connectivity index (χ3v) is 20.4. The molecule has 13 amide bonds. The predicted octanol–water partition coefficient (Wildman–Crippen LogP) is -3.02. The van der Waals surface area contributed by atoms with Gasteiger partial charge in [-0.3, -0.25) is 72.1 Å². The van der Waals surface area contributed by atoms with Crippen LogP contribution in [0.3, 0.4) is 0 Å². The van der Waals surface area contributed by atoms with E-state index in [-0.39, 0.29) is 108 Å². The summed E-state index contributed by atoms with van der Waals surface area (Å²) in [5, 5.41) is 67.1. The van der Waals surface area contributed by atoms with Crippen molar-refractivity contribution in [3.05, 3.63) is 120 Å². The first kappa shape index (κ1) is 99.0. The molecule has 25 N–H and O–H groups in total. The summed E-state index contributed by atoms with van der Waals surface area (Å²) in [5.74, 6) is -13.4. The van der Waals surface area contributed by atoms with Gasteiger partial charge in [0.15, 0.2) is 0 Å². The summed E-state index contributed by atoms with van der Waals surface area (Å²) in [6, 6.07) is 9.45. The third kappa shape index (κ3) is 30.7. The Labute approximate surface area is 709 Å². The minimum absolute atomic E-state index is 0.00636. The summed E-state index contributed by atoms with van der Waals surface area (Å²) in [5.41, 5.74) is 29.9. The first-order valence-corrected chi connectivity index (χ1v) is 40.9. The van der Waals surface area contributed by atoms with Crippen LogP contribution in [-0.4, -0.2) is 262 Å². The van der Waals surface area contributed by atoms with Gasteiger partial charge in [0, 0.05) is 67.4 Å². The van der Waals surface area contributed by atoms with Crippen LogP contribution in [0.4, 0.5) is 4.79 Å². The molecule has 5 aromatic rings. The molecule has 3 aromatic carbocycles. The topological polar surface area (TPSA) is 634 Å². The summed E-state index contributed by atoms with van der Waals surface area (Å²) >= 11 is 1.24. The van der Waals surface area contributed by atoms with Crippen LogP contribution < -0.4 is 92.5 Å². The number of aliphatic hydroxyl groups excluding tert-OH is 2. The molecule has 3 heterocycles. The Bertz CT molecular complexity index is 4480. The summed E-state index contributed by atoms with van der Waals surface area (Å²) in [6.07, 6.45) is -1.25. The van der Waals surface area contributed by atoms with Crippen LogP contribution in [0, 0.1) is 11.3 Å². The van der Waals surface area contributed by atoms with Crippen molar-refractivity contribution in [1.82, 2.24) is 83.5 Å². The quantitative estimate of drug-likeness (QED) is 0.0176. The van der Waals surface area contributed by atoms with E-state index in [0.29, 0.717) is 37.7 Å². The van der Waals surface area contributed by atoms with E-state index in [2.05, 4.69) is 68.8 Å². The summed E-state index contributed by atoms with van der Waals surface area (Å²) in [7, 11) is 1.50. The van der Waals surface area contributed by atoms with E-state index in [1.54, 1.807) is 123 Å². The highest BCUT2D eigenvalue weighted by atomic mass is 32.2. The Hall–Kier alpha value is -11.9. The van der Waals surface area contributed by atoms with Crippen molar-refractivity contribution >= 4 is 124 Å². The summed E-state index contributed by atoms with van der Waals surface area (Å²) in [4.78, 5) is 217. The van der Waals surface area contributed by atoms with Gasteiger partial charge in [-0.1, -0.05) is 74.1 Å². The number of carboxylic acid groups (broad SMARTS) is 1. The number of ether oxygens (including phenoxy) is 1. The highest BCUT2D eigenvalue weighted by Crippen LogP contribution is 2.34. The number of aliphatic hydroxyl groups is 2. The average molecular weight is 1720 g/mol. The Balaban J connectivity index is 1.24. The second-order valence-corrected chi connectivity index (χ2v) is 31.3. The Kier molecular flexibility index (Phi) is 39.9. The predicted molar refractivity (Wildman–Crippen MR) is 449 cm³/mol. The molecule has 2 aromatic heterocycles. The third-order valence-electron chi connectivity index (χ3n) is 19.3. The lowest BCUT2D eigenvalue weighted by atomic mass is 9.93. The number of nitrogens with zero attached hydrogens (tertiary/aromatic N) is 4. The number of aromatic nitrogens is 3. The van der Waals surface area contributed by atoms with Gasteiger partial charge in [0.1, 0.15) is 67.0 Å². The smallest absolute Gasteiger partial charge is 0.345 e. The lowest BCUT2D eigenvalue weighted by Crippen LogP contribution is -2.61. The van der Waals surface area contributed by atoms with Gasteiger partial charge in [0.05, 0.1) is 46.5 Å². The molecule has 0 aliphatic carbocycles. The molecule has 41 heteroatoms. The van der Waals surface area contributed by atoms with Gasteiger partial charge in [0.25, 0.3) is 5.91 Å². The number of aliphatic carboxylic acids is 1. The maximum absolute atomic E-state index is 15.3. The molecule has 40 nitrogen and oxygen atoms in total. The first-order chi connectivity index (χ1) is 58.0. The van der Waals surface area contributed by atoms with Crippen LogP contribution in [0.2, 0.25) is 0 Å². The normalized spacial score (nSPS) is 19.3. The van der Waals surface area contributed by atoms with Crippen molar-refractivity contribution in [3.8, 4) is 0 Å². The van der Waals surface area contributed by atoms with Crippen LogP contribution in [0.15, 0.2) is 107 Å². The molecule has 12 atom stereocenters. The SMILES string of the molecule is CNC(=O)c1ccccc1Sc1ccc2c(/C=C/c3ccccn3)nn(C(=O)N(CCNC(=O)CC[C@H](N)C(=O)O)CC(C)(C)C(=O)OCCC(=O)N[C@H](C(=O)N[C@@H](CCN)C(=O)N[C@H]3CCNC(=O)[C@H]([C@@H](C)O)NC(=O)[C@H](CCN)NC(=O)[C@H](CCN)NC(=O)[C@H](CC(C)C)NC(=O)[C@@H](Cc4ccccc4)NC(=O)[C@H](CCN)NC3=O)[C@@H](C)O)c2c1. The molecule has 664 valence electrons. The molecule has 1 fully saturated rings. The van der Waals surface area contributed by atoms with Crippen molar-refractivity contribution < 1.29 is 92.0 Å². The number of carbonyl (C=O) groups is 15. The molecule has 0 bridgehead atoms. The van der Waals surface area contributed by atoms with Crippen LogP contribution in [0.25, 0.3) is 23.1 Å². The Morgan fingerprint density at radius 3 is 1.88 bits per heavy atom. The Morgan fingerprint density at radius 2 is 1.28 bits per heavy atom. The summed E-state index contributed by atoms with van der Waals surface area (Å²) < 4.78 is 6.76. The largest absolute Gasteiger partial charge is 0.480 e. The van der Waals surface area contributed by atoms with Crippen molar-refractivity contribution in [2.45, 2.75) is 188 Å². The van der Waals surface area contributed by atoms with E-state index in [0.717, 1.165) is 11.6 Å². The van der Waals surface area contributed by atoms with Crippen LogP contribution in [-0.2, 0) is 73.5 Å². The lowest BCUT2D eigenvalue weighted by Gasteiger charge is -2.31. The van der Waals surface area contributed by atoms with Crippen LogP contribution >= 0.6 is 11.8 Å². The first-order valence-electron chi connectivity index (χ1n) is 40.1. The summed E-state index contributed by atoms with van der Waals surface area (Å²) in [6.45, 7) is 5.73. The molecular weight excluding hydrogens is 1600 g/mol. The molecule has 0 spiro atoms. The molecule has 1 aliphatic heterocycles. The van der Waals surface area contributed by atoms with E-state index < -0.39 is 194 Å². The fraction of sp³-hybridized carbons (Fsp3) is 0.494. The number of rotatable bonds is 37. The number of pyridine rings is 1. The maximum Gasteiger partial charge on any atom is 0.345 e.